The lowest BCUT2D eigenvalue weighted by Crippen LogP contribution is -2.70. The summed E-state index contributed by atoms with van der Waals surface area (Å²) in [6.07, 6.45) is -6.06. The van der Waals surface area contributed by atoms with Gasteiger partial charge in [0.2, 0.25) is 12.2 Å². The number of amides is 1. The average molecular weight is 1040 g/mol. The number of hydrogen-bond acceptors (Lipinski definition) is 21. The van der Waals surface area contributed by atoms with Crippen LogP contribution in [-0.2, 0) is 30.4 Å². The molecule has 10 rings (SSSR count). The van der Waals surface area contributed by atoms with E-state index in [9.17, 15) is 35.1 Å². The standard InChI is InChI=1S/C53H66N8O14/c1-55-35-11-15-57-49-39(35)27(10-14-56-49)13-18-72-48-45(69)44(68)37-24-71-22-28(5-4-16-62)38(31-6-2-3-7-36(31)61-25-58-41-50(61)59-53(54)60-51(41)70)34-20-33-40(43(67)32-19-26(21-64)8-9-30(32)42(33)66)47(46(34)75-52(48)74-37)73-23-29(65)12-17-63/h2-3,6-10,17,19-20,28-29,35,37-38,41,44-45,48,50,52-53,55-59,62,64-65,68-69H,4-5,11-16,18,21-25,54H2,1H3,(H,60,70)/t28-,29+,35-,37-,38-,41+,44-,45+,48-,50-,52+,53+/m0/s1. The molecule has 1 amide bonds. The summed E-state index contributed by atoms with van der Waals surface area (Å²) in [5, 5.41) is 75.2. The Hall–Kier alpha value is -5.86. The molecule has 6 heterocycles. The number of anilines is 1. The highest BCUT2D eigenvalue weighted by molar-refractivity contribution is 6.29. The first-order valence-corrected chi connectivity index (χ1v) is 25.7. The number of aliphatic hydroxyl groups excluding tert-OH is 5. The normalized spacial score (nSPS) is 29.6. The third-order valence-electron chi connectivity index (χ3n) is 15.3. The molecular formula is C53H66N8O14. The zero-order valence-corrected chi connectivity index (χ0v) is 41.5. The summed E-state index contributed by atoms with van der Waals surface area (Å²) in [5.41, 5.74) is 10.1. The Morgan fingerprint density at radius 1 is 1.00 bits per heavy atom. The molecule has 2 bridgehead atoms. The highest BCUT2D eigenvalue weighted by Gasteiger charge is 2.50. The van der Waals surface area contributed by atoms with Crippen molar-refractivity contribution in [1.29, 1.82) is 0 Å². The second kappa shape index (κ2) is 22.8. The Morgan fingerprint density at radius 3 is 2.64 bits per heavy atom. The van der Waals surface area contributed by atoms with Crippen LogP contribution in [0.25, 0.3) is 0 Å². The van der Waals surface area contributed by atoms with Crippen LogP contribution in [0.2, 0.25) is 0 Å². The highest BCUT2D eigenvalue weighted by atomic mass is 16.7. The Balaban J connectivity index is 1.16. The van der Waals surface area contributed by atoms with Crippen LogP contribution < -0.4 is 52.0 Å². The zero-order chi connectivity index (χ0) is 52.5. The maximum absolute atomic E-state index is 15.2. The number of fused-ring (bicyclic) bond motifs is 6. The average Bonchev–Trinajstić information content (AvgIpc) is 3.85. The molecule has 0 spiro atoms. The van der Waals surface area contributed by atoms with E-state index in [2.05, 4.69) is 38.0 Å². The summed E-state index contributed by atoms with van der Waals surface area (Å²) < 4.78 is 33.3. The zero-order valence-electron chi connectivity index (χ0n) is 41.5. The highest BCUT2D eigenvalue weighted by Crippen LogP contribution is 2.52. The van der Waals surface area contributed by atoms with Crippen molar-refractivity contribution >= 4 is 29.4 Å². The van der Waals surface area contributed by atoms with Gasteiger partial charge in [0.1, 0.15) is 61.6 Å². The molecule has 0 aromatic heterocycles. The van der Waals surface area contributed by atoms with Gasteiger partial charge in [-0.05, 0) is 79.6 Å². The molecule has 3 aromatic rings. The van der Waals surface area contributed by atoms with Crippen molar-refractivity contribution in [2.24, 2.45) is 11.7 Å². The summed E-state index contributed by atoms with van der Waals surface area (Å²) in [5.74, 6) is -2.46. The van der Waals surface area contributed by atoms with Crippen LogP contribution in [0.5, 0.6) is 11.5 Å². The number of ether oxygens (including phenoxy) is 5. The number of carbonyl (C=O) groups excluding carboxylic acids is 4. The molecule has 12 atom stereocenters. The van der Waals surface area contributed by atoms with Crippen LogP contribution in [0.4, 0.5) is 5.69 Å². The molecule has 75 heavy (non-hydrogen) atoms. The van der Waals surface area contributed by atoms with Gasteiger partial charge in [0.05, 0.1) is 44.8 Å². The fourth-order valence-electron chi connectivity index (χ4n) is 11.6. The molecule has 3 fully saturated rings. The van der Waals surface area contributed by atoms with E-state index in [0.717, 1.165) is 29.9 Å². The number of para-hydroxylation sites is 1. The lowest BCUT2D eigenvalue weighted by molar-refractivity contribution is -0.289. The molecule has 3 saturated heterocycles. The van der Waals surface area contributed by atoms with Crippen molar-refractivity contribution in [3.8, 4) is 11.5 Å². The minimum absolute atomic E-state index is 0.0173. The lowest BCUT2D eigenvalue weighted by Gasteiger charge is -2.42. The minimum atomic E-state index is -1.62. The fourth-order valence-corrected chi connectivity index (χ4v) is 11.6. The third-order valence-corrected chi connectivity index (χ3v) is 15.3. The SMILES string of the molecule is CN[C@H]1CCNC2=C1C(CCO[C@@H]1[C@H]3Oc4c(cc5c(c4OC[C@H](O)CC=O)C(=O)c4cc(CO)ccc4C5=O)[C@H](c4ccccc4N4CN[C@H]5C(=O)N[C@H](N)N[C@H]54)[C@@H](CCCO)COC[C@H](O3)[C@H](O)[C@H]1O)=CCN2. The lowest BCUT2D eigenvalue weighted by atomic mass is 9.74. The van der Waals surface area contributed by atoms with Crippen LogP contribution >= 0.6 is 0 Å². The maximum Gasteiger partial charge on any atom is 0.242 e. The molecule has 0 saturated carbocycles. The van der Waals surface area contributed by atoms with Crippen molar-refractivity contribution in [3.05, 3.63) is 111 Å². The van der Waals surface area contributed by atoms with E-state index in [-0.39, 0.29) is 97.2 Å². The summed E-state index contributed by atoms with van der Waals surface area (Å²) in [6.45, 7) is 0.162. The maximum atomic E-state index is 15.2. The topological polar surface area (TPSA) is 317 Å². The van der Waals surface area contributed by atoms with E-state index in [1.54, 1.807) is 12.1 Å². The van der Waals surface area contributed by atoms with Crippen molar-refractivity contribution in [2.45, 2.75) is 106 Å². The number of ketones is 2. The number of dihydropyridines is 1. The number of nitrogens with one attached hydrogen (secondary N) is 6. The van der Waals surface area contributed by atoms with E-state index in [0.29, 0.717) is 42.5 Å². The number of nitrogens with two attached hydrogens (primary N) is 1. The first kappa shape index (κ1) is 52.6. The van der Waals surface area contributed by atoms with Crippen LogP contribution in [-0.4, -0.2) is 170 Å². The summed E-state index contributed by atoms with van der Waals surface area (Å²) in [6, 6.07) is 12.9. The number of nitrogens with zero attached hydrogens (tertiary/aromatic N) is 1. The van der Waals surface area contributed by atoms with Crippen molar-refractivity contribution in [1.82, 2.24) is 31.9 Å². The molecule has 7 aliphatic rings. The number of carbonyl (C=O) groups is 4. The van der Waals surface area contributed by atoms with Gasteiger partial charge in [-0.15, -0.1) is 0 Å². The molecule has 0 unspecified atom stereocenters. The molecule has 22 nitrogen and oxygen atoms in total. The molecule has 0 radical (unpaired) electrons. The summed E-state index contributed by atoms with van der Waals surface area (Å²) >= 11 is 0. The number of aldehydes is 1. The molecule has 13 N–H and O–H groups in total. The molecular weight excluding hydrogens is 973 g/mol. The van der Waals surface area contributed by atoms with E-state index >= 15 is 9.59 Å². The van der Waals surface area contributed by atoms with E-state index in [1.807, 2.05) is 36.2 Å². The third kappa shape index (κ3) is 10.2. The van der Waals surface area contributed by atoms with Gasteiger partial charge in [-0.25, -0.2) is 0 Å². The first-order valence-electron chi connectivity index (χ1n) is 25.7. The Bertz CT molecular complexity index is 2720. The van der Waals surface area contributed by atoms with E-state index < -0.39 is 91.9 Å². The van der Waals surface area contributed by atoms with Gasteiger partial charge in [0, 0.05) is 71.6 Å². The Labute approximate surface area is 432 Å². The van der Waals surface area contributed by atoms with Crippen LogP contribution in [0.1, 0.15) is 86.6 Å². The van der Waals surface area contributed by atoms with Gasteiger partial charge in [-0.1, -0.05) is 30.3 Å². The van der Waals surface area contributed by atoms with Crippen molar-refractivity contribution in [3.63, 3.8) is 0 Å². The number of hydrogen-bond donors (Lipinski definition) is 12. The minimum Gasteiger partial charge on any atom is -0.486 e. The van der Waals surface area contributed by atoms with Gasteiger partial charge >= 0.3 is 0 Å². The number of likely N-dealkylation sites (N-methyl/N-ethyl adjacent to an activating group) is 1. The van der Waals surface area contributed by atoms with Crippen LogP contribution in [0, 0.1) is 5.92 Å². The Morgan fingerprint density at radius 2 is 1.84 bits per heavy atom. The van der Waals surface area contributed by atoms with E-state index in [1.165, 1.54) is 12.1 Å². The first-order chi connectivity index (χ1) is 36.4. The molecule has 1 aliphatic carbocycles. The van der Waals surface area contributed by atoms with Gasteiger partial charge in [-0.3, -0.25) is 30.8 Å². The van der Waals surface area contributed by atoms with E-state index in [4.69, 9.17) is 29.4 Å². The number of rotatable bonds is 16. The van der Waals surface area contributed by atoms with Gasteiger partial charge < -0.3 is 80.2 Å². The smallest absolute Gasteiger partial charge is 0.242 e. The van der Waals surface area contributed by atoms with Crippen LogP contribution in [0.15, 0.2) is 71.6 Å². The number of benzene rings is 3. The van der Waals surface area contributed by atoms with Crippen LogP contribution in [0.3, 0.4) is 0 Å². The predicted molar refractivity (Wildman–Crippen MR) is 268 cm³/mol. The van der Waals surface area contributed by atoms with Gasteiger partial charge in [0.15, 0.2) is 23.1 Å². The Kier molecular flexibility index (Phi) is 16.0. The molecule has 22 heteroatoms. The summed E-state index contributed by atoms with van der Waals surface area (Å²) in [7, 11) is 1.91. The number of aliphatic hydroxyl groups is 5. The molecule has 6 aliphatic heterocycles. The van der Waals surface area contributed by atoms with Gasteiger partial charge in [-0.2, -0.15) is 0 Å². The van der Waals surface area contributed by atoms with Crippen molar-refractivity contribution in [2.75, 3.05) is 64.7 Å². The van der Waals surface area contributed by atoms with Gasteiger partial charge in [0.25, 0.3) is 0 Å². The largest absolute Gasteiger partial charge is 0.486 e. The summed E-state index contributed by atoms with van der Waals surface area (Å²) in [4.78, 5) is 57.2. The van der Waals surface area contributed by atoms with Crippen molar-refractivity contribution < 1.29 is 68.4 Å². The fraction of sp³-hybridized carbons (Fsp3) is 0.509. The molecule has 3 aromatic carbocycles. The second-order valence-electron chi connectivity index (χ2n) is 19.9. The monoisotopic (exact) mass is 1040 g/mol. The quantitative estimate of drug-likeness (QED) is 0.0586. The molecule has 402 valence electrons. The second-order valence-corrected chi connectivity index (χ2v) is 19.9. The predicted octanol–water partition coefficient (Wildman–Crippen LogP) is -1.22.